The quantitative estimate of drug-likeness (QED) is 0.404. The summed E-state index contributed by atoms with van der Waals surface area (Å²) in [5.41, 5.74) is 1.47. The van der Waals surface area contributed by atoms with E-state index in [1.54, 1.807) is 18.2 Å². The molecule has 0 unspecified atom stereocenters. The maximum Gasteiger partial charge on any atom is 0.194 e. The molecule has 0 amide bonds. The zero-order chi connectivity index (χ0) is 16.7. The minimum Gasteiger partial charge on any atom is -0.246 e. The average molecular weight is 356 g/mol. The molecule has 23 heavy (non-hydrogen) atoms. The monoisotopic (exact) mass is 355 g/mol. The molecule has 1 aromatic heterocycles. The van der Waals surface area contributed by atoms with E-state index in [2.05, 4.69) is 4.98 Å². The summed E-state index contributed by atoms with van der Waals surface area (Å²) >= 11 is 12.1. The fourth-order valence-corrected chi connectivity index (χ4v) is 2.90. The van der Waals surface area contributed by atoms with Gasteiger partial charge < -0.3 is 0 Å². The molecule has 0 fully saturated rings. The van der Waals surface area contributed by atoms with E-state index in [0.29, 0.717) is 16.1 Å². The molecule has 1 nitrogen and oxygen atoms in total. The van der Waals surface area contributed by atoms with E-state index in [4.69, 9.17) is 23.2 Å². The first-order valence-electron chi connectivity index (χ1n) is 6.72. The van der Waals surface area contributed by atoms with Crippen molar-refractivity contribution in [1.82, 2.24) is 4.98 Å². The number of hydrogen-bond acceptors (Lipinski definition) is 1. The van der Waals surface area contributed by atoms with E-state index < -0.39 is 17.5 Å². The molecule has 1 heterocycles. The smallest absolute Gasteiger partial charge is 0.194 e. The van der Waals surface area contributed by atoms with Gasteiger partial charge in [0.2, 0.25) is 0 Å². The number of hydrogen-bond donors (Lipinski definition) is 0. The Morgan fingerprint density at radius 3 is 2.52 bits per heavy atom. The van der Waals surface area contributed by atoms with Crippen LogP contribution in [-0.2, 0) is 5.88 Å². The van der Waals surface area contributed by atoms with E-state index >= 15 is 0 Å². The van der Waals surface area contributed by atoms with Gasteiger partial charge in [0.1, 0.15) is 0 Å². The van der Waals surface area contributed by atoms with Crippen molar-refractivity contribution < 1.29 is 13.2 Å². The fraction of sp³-hybridized carbons (Fsp3) is 0.118. The van der Waals surface area contributed by atoms with E-state index in [1.807, 2.05) is 6.07 Å². The largest absolute Gasteiger partial charge is 0.246 e. The molecule has 0 radical (unpaired) electrons. The van der Waals surface area contributed by atoms with Crippen LogP contribution in [0.25, 0.3) is 22.2 Å². The first kappa shape index (κ1) is 16.1. The summed E-state index contributed by atoms with van der Waals surface area (Å²) in [6.45, 7) is 1.36. The highest BCUT2D eigenvalue weighted by atomic mass is 35.5. The van der Waals surface area contributed by atoms with Crippen molar-refractivity contribution in [2.24, 2.45) is 0 Å². The van der Waals surface area contributed by atoms with E-state index in [0.717, 1.165) is 11.5 Å². The van der Waals surface area contributed by atoms with Crippen LogP contribution < -0.4 is 0 Å². The predicted molar refractivity (Wildman–Crippen MR) is 86.4 cm³/mol. The highest BCUT2D eigenvalue weighted by Crippen LogP contribution is 2.33. The molecule has 3 rings (SSSR count). The Labute approximate surface area is 140 Å². The Bertz CT molecular complexity index is 926. The average Bonchev–Trinajstić information content (AvgIpc) is 2.55. The second-order valence-corrected chi connectivity index (χ2v) is 5.77. The van der Waals surface area contributed by atoms with Crippen LogP contribution in [0, 0.1) is 24.4 Å². The summed E-state index contributed by atoms with van der Waals surface area (Å²) in [5.74, 6) is -3.92. The number of fused-ring (bicyclic) bond motifs is 1. The van der Waals surface area contributed by atoms with Gasteiger partial charge in [-0.2, -0.15) is 0 Å². The van der Waals surface area contributed by atoms with Gasteiger partial charge in [-0.1, -0.05) is 23.7 Å². The van der Waals surface area contributed by atoms with Gasteiger partial charge in [0.15, 0.2) is 17.5 Å². The van der Waals surface area contributed by atoms with Gasteiger partial charge in [0.05, 0.1) is 16.2 Å². The minimum absolute atomic E-state index is 0.0332. The molecule has 118 valence electrons. The number of alkyl halides is 1. The number of pyridine rings is 1. The maximum atomic E-state index is 13.9. The van der Waals surface area contributed by atoms with Crippen molar-refractivity contribution in [2.75, 3.05) is 0 Å². The van der Waals surface area contributed by atoms with E-state index in [9.17, 15) is 13.2 Å². The second kappa shape index (κ2) is 6.02. The Balaban J connectivity index is 2.38. The third-order valence-corrected chi connectivity index (χ3v) is 4.27. The topological polar surface area (TPSA) is 12.9 Å². The SMILES string of the molecule is Cc1c(-c2nc3c(Cl)cccc3cc2CCl)cc(F)c(F)c1F. The third kappa shape index (κ3) is 2.66. The molecule has 0 N–H and O–H groups in total. The molecule has 0 saturated heterocycles. The van der Waals surface area contributed by atoms with Crippen LogP contribution in [0.3, 0.4) is 0 Å². The van der Waals surface area contributed by atoms with Crippen molar-refractivity contribution in [3.8, 4) is 11.3 Å². The predicted octanol–water partition coefficient (Wildman–Crippen LogP) is 6.02. The Morgan fingerprint density at radius 2 is 1.83 bits per heavy atom. The lowest BCUT2D eigenvalue weighted by Gasteiger charge is -2.13. The van der Waals surface area contributed by atoms with Crippen LogP contribution in [0.15, 0.2) is 30.3 Å². The summed E-state index contributed by atoms with van der Waals surface area (Å²) in [4.78, 5) is 4.42. The van der Waals surface area contributed by atoms with Crippen LogP contribution in [0.2, 0.25) is 5.02 Å². The van der Waals surface area contributed by atoms with Crippen LogP contribution in [0.5, 0.6) is 0 Å². The summed E-state index contributed by atoms with van der Waals surface area (Å²) in [7, 11) is 0. The first-order valence-corrected chi connectivity index (χ1v) is 7.64. The maximum absolute atomic E-state index is 13.9. The molecule has 0 spiro atoms. The summed E-state index contributed by atoms with van der Waals surface area (Å²) in [6.07, 6.45) is 0. The van der Waals surface area contributed by atoms with Gasteiger partial charge in [-0.15, -0.1) is 11.6 Å². The zero-order valence-electron chi connectivity index (χ0n) is 11.9. The van der Waals surface area contributed by atoms with Crippen LogP contribution >= 0.6 is 23.2 Å². The number of nitrogens with zero attached hydrogens (tertiary/aromatic N) is 1. The van der Waals surface area contributed by atoms with E-state index in [1.165, 1.54) is 6.92 Å². The second-order valence-electron chi connectivity index (χ2n) is 5.10. The lowest BCUT2D eigenvalue weighted by atomic mass is 9.99. The summed E-state index contributed by atoms with van der Waals surface area (Å²) in [5, 5.41) is 1.17. The van der Waals surface area contributed by atoms with Crippen molar-refractivity contribution >= 4 is 34.1 Å². The standard InChI is InChI=1S/C17H10Cl2F3N/c1-8-11(6-13(20)15(22)14(8)21)16-10(7-18)5-9-3-2-4-12(19)17(9)23-16/h2-6H,7H2,1H3. The molecular formula is C17H10Cl2F3N. The number of halogens is 5. The van der Waals surface area contributed by atoms with E-state index in [-0.39, 0.29) is 22.7 Å². The van der Waals surface area contributed by atoms with Crippen LogP contribution in [0.1, 0.15) is 11.1 Å². The molecule has 3 aromatic rings. The van der Waals surface area contributed by atoms with Gasteiger partial charge in [-0.3, -0.25) is 0 Å². The highest BCUT2D eigenvalue weighted by molar-refractivity contribution is 6.35. The molecule has 0 atom stereocenters. The number of para-hydroxylation sites is 1. The molecule has 0 aliphatic carbocycles. The molecule has 0 aliphatic heterocycles. The molecule has 0 saturated carbocycles. The fourth-order valence-electron chi connectivity index (χ4n) is 2.47. The minimum atomic E-state index is -1.50. The molecule has 0 bridgehead atoms. The Kier molecular flexibility index (Phi) is 4.21. The lowest BCUT2D eigenvalue weighted by molar-refractivity contribution is 0.444. The van der Waals surface area contributed by atoms with Crippen LogP contribution in [-0.4, -0.2) is 4.98 Å². The van der Waals surface area contributed by atoms with Crippen molar-refractivity contribution in [2.45, 2.75) is 12.8 Å². The lowest BCUT2D eigenvalue weighted by Crippen LogP contribution is -2.01. The first-order chi connectivity index (χ1) is 10.9. The molecule has 0 aliphatic rings. The Hall–Kier alpha value is -1.78. The molecule has 6 heteroatoms. The third-order valence-electron chi connectivity index (χ3n) is 3.68. The molecule has 2 aromatic carbocycles. The summed E-state index contributed by atoms with van der Waals surface area (Å²) in [6, 6.07) is 7.93. The van der Waals surface area contributed by atoms with Gasteiger partial charge in [-0.05, 0) is 36.2 Å². The number of benzene rings is 2. The van der Waals surface area contributed by atoms with Gasteiger partial charge in [-0.25, -0.2) is 18.2 Å². The summed E-state index contributed by atoms with van der Waals surface area (Å²) < 4.78 is 40.9. The van der Waals surface area contributed by atoms with Crippen LogP contribution in [0.4, 0.5) is 13.2 Å². The van der Waals surface area contributed by atoms with Gasteiger partial charge in [0.25, 0.3) is 0 Å². The number of rotatable bonds is 2. The highest BCUT2D eigenvalue weighted by Gasteiger charge is 2.20. The van der Waals surface area contributed by atoms with Crippen molar-refractivity contribution in [1.29, 1.82) is 0 Å². The van der Waals surface area contributed by atoms with Gasteiger partial charge in [0, 0.05) is 16.8 Å². The zero-order valence-corrected chi connectivity index (χ0v) is 13.4. The molecular weight excluding hydrogens is 346 g/mol. The Morgan fingerprint density at radius 1 is 1.09 bits per heavy atom. The van der Waals surface area contributed by atoms with Crippen molar-refractivity contribution in [3.63, 3.8) is 0 Å². The van der Waals surface area contributed by atoms with Crippen molar-refractivity contribution in [3.05, 3.63) is 63.9 Å². The number of aromatic nitrogens is 1. The van der Waals surface area contributed by atoms with Gasteiger partial charge >= 0.3 is 0 Å². The normalized spacial score (nSPS) is 11.2.